The van der Waals surface area contributed by atoms with Crippen molar-refractivity contribution < 1.29 is 18.8 Å². The quantitative estimate of drug-likeness (QED) is 0.366. The first kappa shape index (κ1) is 20.1. The highest BCUT2D eigenvalue weighted by Gasteiger charge is 2.55. The topological polar surface area (TPSA) is 104 Å². The first-order valence-electron chi connectivity index (χ1n) is 9.64. The fraction of sp³-hybridized carbons (Fsp3) is 0.130. The van der Waals surface area contributed by atoms with Crippen molar-refractivity contribution in [2.45, 2.75) is 12.5 Å². The molecular weight excluding hydrogens is 396 g/mol. The van der Waals surface area contributed by atoms with Gasteiger partial charge in [0.25, 0.3) is 11.8 Å². The SMILES string of the molecule is Cc1ccc(/C=N/NC(=O)CN2C(=O)NC(=O)C2(c2ccccc2)c2ccccc2)o1. The lowest BCUT2D eigenvalue weighted by Crippen LogP contribution is -2.51. The van der Waals surface area contributed by atoms with Crippen molar-refractivity contribution in [1.29, 1.82) is 0 Å². The molecule has 8 nitrogen and oxygen atoms in total. The summed E-state index contributed by atoms with van der Waals surface area (Å²) in [6, 6.07) is 20.6. The fourth-order valence-corrected chi connectivity index (χ4v) is 3.69. The van der Waals surface area contributed by atoms with E-state index in [1.807, 2.05) is 12.1 Å². The normalized spacial score (nSPS) is 15.3. The van der Waals surface area contributed by atoms with Crippen LogP contribution >= 0.6 is 0 Å². The number of aryl methyl sites for hydroxylation is 1. The van der Waals surface area contributed by atoms with Crippen LogP contribution in [0.4, 0.5) is 4.79 Å². The second-order valence-corrected chi connectivity index (χ2v) is 7.03. The number of hydrogen-bond acceptors (Lipinski definition) is 5. The number of hydrogen-bond donors (Lipinski definition) is 2. The molecule has 1 aliphatic heterocycles. The maximum Gasteiger partial charge on any atom is 0.326 e. The third-order valence-electron chi connectivity index (χ3n) is 5.03. The molecule has 0 bridgehead atoms. The molecule has 1 aliphatic rings. The molecule has 3 aromatic rings. The molecule has 0 radical (unpaired) electrons. The van der Waals surface area contributed by atoms with Gasteiger partial charge in [-0.3, -0.25) is 19.8 Å². The zero-order chi connectivity index (χ0) is 21.8. The van der Waals surface area contributed by atoms with Crippen molar-refractivity contribution in [2.75, 3.05) is 6.54 Å². The highest BCUT2D eigenvalue weighted by Crippen LogP contribution is 2.39. The number of carbonyl (C=O) groups is 3. The van der Waals surface area contributed by atoms with Crippen LogP contribution in [0.15, 0.2) is 82.3 Å². The van der Waals surface area contributed by atoms with Gasteiger partial charge in [0, 0.05) is 0 Å². The predicted octanol–water partition coefficient (Wildman–Crippen LogP) is 2.53. The van der Waals surface area contributed by atoms with E-state index in [1.165, 1.54) is 11.1 Å². The van der Waals surface area contributed by atoms with Crippen molar-refractivity contribution in [1.82, 2.24) is 15.6 Å². The minimum atomic E-state index is -1.47. The van der Waals surface area contributed by atoms with Crippen molar-refractivity contribution in [3.05, 3.63) is 95.4 Å². The molecule has 4 amide bonds. The molecule has 4 rings (SSSR count). The summed E-state index contributed by atoms with van der Waals surface area (Å²) < 4.78 is 5.36. The lowest BCUT2D eigenvalue weighted by molar-refractivity contribution is -0.127. The zero-order valence-corrected chi connectivity index (χ0v) is 16.7. The van der Waals surface area contributed by atoms with Crippen LogP contribution in [0.3, 0.4) is 0 Å². The maximum atomic E-state index is 13.2. The summed E-state index contributed by atoms with van der Waals surface area (Å²) in [4.78, 5) is 39.7. The van der Waals surface area contributed by atoms with Crippen LogP contribution in [0.5, 0.6) is 0 Å². The molecule has 1 aromatic heterocycles. The van der Waals surface area contributed by atoms with Crippen LogP contribution in [0.25, 0.3) is 0 Å². The molecule has 0 saturated carbocycles. The third-order valence-corrected chi connectivity index (χ3v) is 5.03. The van der Waals surface area contributed by atoms with Gasteiger partial charge in [-0.2, -0.15) is 5.10 Å². The van der Waals surface area contributed by atoms with Gasteiger partial charge in [-0.05, 0) is 30.2 Å². The van der Waals surface area contributed by atoms with Crippen molar-refractivity contribution in [3.63, 3.8) is 0 Å². The minimum absolute atomic E-state index is 0.379. The van der Waals surface area contributed by atoms with Crippen molar-refractivity contribution in [2.24, 2.45) is 5.10 Å². The molecule has 8 heteroatoms. The van der Waals surface area contributed by atoms with Gasteiger partial charge < -0.3 is 4.42 Å². The molecule has 0 spiro atoms. The third kappa shape index (κ3) is 3.71. The van der Waals surface area contributed by atoms with Gasteiger partial charge in [0.2, 0.25) is 0 Å². The summed E-state index contributed by atoms with van der Waals surface area (Å²) >= 11 is 0. The number of imide groups is 1. The number of benzene rings is 2. The Morgan fingerprint density at radius 2 is 1.65 bits per heavy atom. The van der Waals surface area contributed by atoms with E-state index in [9.17, 15) is 14.4 Å². The monoisotopic (exact) mass is 416 g/mol. The molecule has 156 valence electrons. The summed E-state index contributed by atoms with van der Waals surface area (Å²) in [6.07, 6.45) is 1.36. The standard InChI is InChI=1S/C23H20N4O4/c1-16-12-13-19(31-16)14-24-26-20(28)15-27-22(30)25-21(29)23(27,17-8-4-2-5-9-17)18-10-6-3-7-11-18/h2-14H,15H2,1H3,(H,26,28)(H,25,29,30)/b24-14+. The summed E-state index contributed by atoms with van der Waals surface area (Å²) in [5.74, 6) is 0.128. The molecular formula is C23H20N4O4. The lowest BCUT2D eigenvalue weighted by atomic mass is 9.81. The van der Waals surface area contributed by atoms with Crippen molar-refractivity contribution in [3.8, 4) is 0 Å². The summed E-state index contributed by atoms with van der Waals surface area (Å²) in [5.41, 5.74) is 2.06. The molecule has 0 unspecified atom stereocenters. The molecule has 1 saturated heterocycles. The van der Waals surface area contributed by atoms with Crippen LogP contribution in [0.1, 0.15) is 22.6 Å². The van der Waals surface area contributed by atoms with Gasteiger partial charge in [0.15, 0.2) is 5.54 Å². The van der Waals surface area contributed by atoms with E-state index in [4.69, 9.17) is 4.42 Å². The molecule has 1 fully saturated rings. The van der Waals surface area contributed by atoms with Crippen LogP contribution < -0.4 is 10.7 Å². The Hall–Kier alpha value is -4.20. The van der Waals surface area contributed by atoms with E-state index < -0.39 is 23.4 Å². The Balaban J connectivity index is 1.65. The van der Waals surface area contributed by atoms with Crippen LogP contribution in [-0.2, 0) is 15.1 Å². The summed E-state index contributed by atoms with van der Waals surface area (Å²) in [6.45, 7) is 1.42. The zero-order valence-electron chi connectivity index (χ0n) is 16.7. The van der Waals surface area contributed by atoms with Crippen LogP contribution in [-0.4, -0.2) is 35.5 Å². The number of furan rings is 1. The Morgan fingerprint density at radius 3 is 2.19 bits per heavy atom. The number of nitrogens with one attached hydrogen (secondary N) is 2. The molecule has 2 N–H and O–H groups in total. The Bertz CT molecular complexity index is 1100. The van der Waals surface area contributed by atoms with E-state index in [1.54, 1.807) is 67.6 Å². The molecule has 2 heterocycles. The molecule has 0 aliphatic carbocycles. The van der Waals surface area contributed by atoms with E-state index >= 15 is 0 Å². The lowest BCUT2D eigenvalue weighted by Gasteiger charge is -2.35. The number of rotatable bonds is 6. The van der Waals surface area contributed by atoms with Crippen molar-refractivity contribution >= 4 is 24.1 Å². The first-order valence-corrected chi connectivity index (χ1v) is 9.64. The molecule has 0 atom stereocenters. The molecule has 31 heavy (non-hydrogen) atoms. The van der Waals surface area contributed by atoms with Gasteiger partial charge in [0.1, 0.15) is 18.1 Å². The van der Waals surface area contributed by atoms with Gasteiger partial charge in [-0.15, -0.1) is 0 Å². The Kier molecular flexibility index (Phi) is 5.36. The number of hydrazone groups is 1. The maximum absolute atomic E-state index is 13.2. The number of amides is 4. The van der Waals surface area contributed by atoms with Gasteiger partial charge in [-0.1, -0.05) is 60.7 Å². The largest absolute Gasteiger partial charge is 0.460 e. The van der Waals surface area contributed by atoms with E-state index in [-0.39, 0.29) is 6.54 Å². The highest BCUT2D eigenvalue weighted by molar-refractivity contribution is 6.10. The number of nitrogens with zero attached hydrogens (tertiary/aromatic N) is 2. The number of carbonyl (C=O) groups excluding carboxylic acids is 3. The van der Waals surface area contributed by atoms with E-state index in [0.717, 1.165) is 5.76 Å². The number of urea groups is 1. The van der Waals surface area contributed by atoms with Gasteiger partial charge in [0.05, 0.1) is 6.21 Å². The smallest absolute Gasteiger partial charge is 0.326 e. The van der Waals surface area contributed by atoms with E-state index in [2.05, 4.69) is 15.8 Å². The Morgan fingerprint density at radius 1 is 1.03 bits per heavy atom. The molecule has 2 aromatic carbocycles. The summed E-state index contributed by atoms with van der Waals surface area (Å²) in [7, 11) is 0. The first-order chi connectivity index (χ1) is 15.0. The van der Waals surface area contributed by atoms with Crippen LogP contribution in [0, 0.1) is 6.92 Å². The average molecular weight is 416 g/mol. The van der Waals surface area contributed by atoms with Gasteiger partial charge >= 0.3 is 6.03 Å². The highest BCUT2D eigenvalue weighted by atomic mass is 16.3. The van der Waals surface area contributed by atoms with Crippen LogP contribution in [0.2, 0.25) is 0 Å². The fourth-order valence-electron chi connectivity index (χ4n) is 3.69. The Labute approximate surface area is 178 Å². The summed E-state index contributed by atoms with van der Waals surface area (Å²) in [5, 5.41) is 6.23. The minimum Gasteiger partial charge on any atom is -0.460 e. The van der Waals surface area contributed by atoms with Gasteiger partial charge in [-0.25, -0.2) is 10.2 Å². The average Bonchev–Trinajstić information content (AvgIpc) is 3.30. The predicted molar refractivity (Wildman–Crippen MR) is 113 cm³/mol. The second-order valence-electron chi connectivity index (χ2n) is 7.03. The van der Waals surface area contributed by atoms with E-state index in [0.29, 0.717) is 16.9 Å². The second kappa shape index (κ2) is 8.27.